The van der Waals surface area contributed by atoms with Crippen LogP contribution in [-0.4, -0.2) is 20.7 Å². The van der Waals surface area contributed by atoms with Gasteiger partial charge in [-0.05, 0) is 44.9 Å². The molecule has 126 valence electrons. The zero-order valence-electron chi connectivity index (χ0n) is 14.2. The summed E-state index contributed by atoms with van der Waals surface area (Å²) in [6.45, 7) is 6.09. The van der Waals surface area contributed by atoms with Crippen LogP contribution in [0.5, 0.6) is 0 Å². The highest BCUT2D eigenvalue weighted by Crippen LogP contribution is 2.30. The minimum absolute atomic E-state index is 0.0130. The summed E-state index contributed by atoms with van der Waals surface area (Å²) >= 11 is 3.17. The average Bonchev–Trinajstić information content (AvgIpc) is 3.20. The van der Waals surface area contributed by atoms with E-state index in [9.17, 15) is 4.79 Å². The number of aryl methyl sites for hydroxylation is 3. The van der Waals surface area contributed by atoms with E-state index in [-0.39, 0.29) is 5.91 Å². The van der Waals surface area contributed by atoms with Crippen molar-refractivity contribution >= 4 is 33.7 Å². The van der Waals surface area contributed by atoms with Gasteiger partial charge in [-0.3, -0.25) is 9.48 Å². The molecule has 0 saturated heterocycles. The van der Waals surface area contributed by atoms with Crippen molar-refractivity contribution in [1.29, 1.82) is 0 Å². The number of anilines is 1. The molecule has 24 heavy (non-hydrogen) atoms. The number of hydrogen-bond donors (Lipinski definition) is 1. The van der Waals surface area contributed by atoms with Crippen LogP contribution in [-0.2, 0) is 18.3 Å². The standard InChI is InChI=1S/C17H20N4OS2/c1-10-5-7-15(24-10)14-9-23-17(18-14)19-16(22)8-6-13-11(2)20-21(4)12(13)3/h5,7,9H,6,8H2,1-4H3,(H,18,19,22). The van der Waals surface area contributed by atoms with Crippen LogP contribution in [0.1, 0.15) is 28.2 Å². The van der Waals surface area contributed by atoms with Crippen molar-refractivity contribution in [3.63, 3.8) is 0 Å². The van der Waals surface area contributed by atoms with Gasteiger partial charge in [-0.25, -0.2) is 4.98 Å². The van der Waals surface area contributed by atoms with Crippen molar-refractivity contribution in [3.05, 3.63) is 39.3 Å². The number of amides is 1. The molecule has 0 atom stereocenters. The van der Waals surface area contributed by atoms with Gasteiger partial charge >= 0.3 is 0 Å². The summed E-state index contributed by atoms with van der Waals surface area (Å²) in [5, 5.41) is 9.92. The lowest BCUT2D eigenvalue weighted by Gasteiger charge is -2.03. The summed E-state index contributed by atoms with van der Waals surface area (Å²) < 4.78 is 1.86. The molecular formula is C17H20N4OS2. The number of hydrogen-bond acceptors (Lipinski definition) is 5. The fourth-order valence-electron chi connectivity index (χ4n) is 2.62. The van der Waals surface area contributed by atoms with Gasteiger partial charge in [-0.1, -0.05) is 0 Å². The Morgan fingerprint density at radius 1 is 1.29 bits per heavy atom. The summed E-state index contributed by atoms with van der Waals surface area (Å²) in [6, 6.07) is 4.14. The van der Waals surface area contributed by atoms with Crippen LogP contribution < -0.4 is 5.32 Å². The molecule has 0 fully saturated rings. The van der Waals surface area contributed by atoms with E-state index in [0.717, 1.165) is 27.5 Å². The predicted octanol–water partition coefficient (Wildman–Crippen LogP) is 4.10. The fraction of sp³-hybridized carbons (Fsp3) is 0.353. The molecule has 1 amide bonds. The van der Waals surface area contributed by atoms with Gasteiger partial charge in [-0.2, -0.15) is 5.10 Å². The van der Waals surface area contributed by atoms with Crippen LogP contribution in [0, 0.1) is 20.8 Å². The minimum Gasteiger partial charge on any atom is -0.302 e. The highest BCUT2D eigenvalue weighted by atomic mass is 32.1. The molecule has 1 N–H and O–H groups in total. The molecule has 0 aliphatic rings. The second kappa shape index (κ2) is 6.86. The number of rotatable bonds is 5. The summed E-state index contributed by atoms with van der Waals surface area (Å²) in [6.07, 6.45) is 1.13. The van der Waals surface area contributed by atoms with Crippen molar-refractivity contribution in [1.82, 2.24) is 14.8 Å². The summed E-state index contributed by atoms with van der Waals surface area (Å²) in [5.74, 6) is -0.0130. The molecule has 3 aromatic rings. The monoisotopic (exact) mass is 360 g/mol. The van der Waals surface area contributed by atoms with E-state index in [4.69, 9.17) is 0 Å². The SMILES string of the molecule is Cc1ccc(-c2csc(NC(=O)CCc3c(C)nn(C)c3C)n2)s1. The van der Waals surface area contributed by atoms with Gasteiger partial charge in [0.15, 0.2) is 5.13 Å². The van der Waals surface area contributed by atoms with Crippen LogP contribution in [0.25, 0.3) is 10.6 Å². The molecule has 3 heterocycles. The zero-order valence-corrected chi connectivity index (χ0v) is 15.8. The Morgan fingerprint density at radius 2 is 2.08 bits per heavy atom. The van der Waals surface area contributed by atoms with E-state index < -0.39 is 0 Å². The second-order valence-electron chi connectivity index (χ2n) is 5.77. The van der Waals surface area contributed by atoms with Crippen molar-refractivity contribution in [3.8, 4) is 10.6 Å². The Balaban J connectivity index is 1.60. The molecule has 0 aliphatic carbocycles. The van der Waals surface area contributed by atoms with E-state index in [0.29, 0.717) is 18.0 Å². The summed E-state index contributed by atoms with van der Waals surface area (Å²) in [7, 11) is 1.93. The van der Waals surface area contributed by atoms with Gasteiger partial charge < -0.3 is 5.32 Å². The number of nitrogens with one attached hydrogen (secondary N) is 1. The number of thiophene rings is 1. The maximum atomic E-state index is 12.2. The van der Waals surface area contributed by atoms with E-state index in [1.807, 2.05) is 31.0 Å². The molecule has 0 aliphatic heterocycles. The van der Waals surface area contributed by atoms with Crippen molar-refractivity contribution in [2.45, 2.75) is 33.6 Å². The highest BCUT2D eigenvalue weighted by Gasteiger charge is 2.13. The van der Waals surface area contributed by atoms with Crippen LogP contribution in [0.3, 0.4) is 0 Å². The molecule has 3 aromatic heterocycles. The number of nitrogens with zero attached hydrogens (tertiary/aromatic N) is 3. The number of aromatic nitrogens is 3. The van der Waals surface area contributed by atoms with Gasteiger partial charge in [0.25, 0.3) is 0 Å². The van der Waals surface area contributed by atoms with Gasteiger partial charge in [0.05, 0.1) is 16.3 Å². The van der Waals surface area contributed by atoms with Crippen LogP contribution in [0.2, 0.25) is 0 Å². The van der Waals surface area contributed by atoms with Gasteiger partial charge in [0.2, 0.25) is 5.91 Å². The molecule has 0 spiro atoms. The Kier molecular flexibility index (Phi) is 4.82. The molecule has 0 bridgehead atoms. The first-order valence-electron chi connectivity index (χ1n) is 7.75. The minimum atomic E-state index is -0.0130. The second-order valence-corrected chi connectivity index (χ2v) is 7.92. The average molecular weight is 361 g/mol. The van der Waals surface area contributed by atoms with Crippen LogP contribution in [0.4, 0.5) is 5.13 Å². The third-order valence-corrected chi connectivity index (χ3v) is 5.79. The Morgan fingerprint density at radius 3 is 2.71 bits per heavy atom. The fourth-order valence-corrected chi connectivity index (χ4v) is 4.25. The van der Waals surface area contributed by atoms with Crippen molar-refractivity contribution in [2.24, 2.45) is 7.05 Å². The molecule has 0 radical (unpaired) electrons. The van der Waals surface area contributed by atoms with Crippen molar-refractivity contribution in [2.75, 3.05) is 5.32 Å². The smallest absolute Gasteiger partial charge is 0.226 e. The Labute approximate surface area is 149 Å². The lowest BCUT2D eigenvalue weighted by molar-refractivity contribution is -0.116. The summed E-state index contributed by atoms with van der Waals surface area (Å²) in [5.41, 5.74) is 4.19. The van der Waals surface area contributed by atoms with Crippen LogP contribution >= 0.6 is 22.7 Å². The molecular weight excluding hydrogens is 340 g/mol. The van der Waals surface area contributed by atoms with E-state index in [1.54, 1.807) is 11.3 Å². The lowest BCUT2D eigenvalue weighted by atomic mass is 10.1. The van der Waals surface area contributed by atoms with Gasteiger partial charge in [-0.15, -0.1) is 22.7 Å². The maximum absolute atomic E-state index is 12.2. The van der Waals surface area contributed by atoms with Crippen LogP contribution in [0.15, 0.2) is 17.5 Å². The Bertz CT molecular complexity index is 875. The number of carbonyl (C=O) groups excluding carboxylic acids is 1. The maximum Gasteiger partial charge on any atom is 0.226 e. The van der Waals surface area contributed by atoms with E-state index in [1.165, 1.54) is 16.2 Å². The van der Waals surface area contributed by atoms with E-state index >= 15 is 0 Å². The molecule has 7 heteroatoms. The first-order valence-corrected chi connectivity index (χ1v) is 9.45. The molecule has 0 unspecified atom stereocenters. The molecule has 0 saturated carbocycles. The first-order chi connectivity index (χ1) is 11.4. The number of thiazole rings is 1. The highest BCUT2D eigenvalue weighted by molar-refractivity contribution is 7.17. The topological polar surface area (TPSA) is 59.8 Å². The molecule has 5 nitrogen and oxygen atoms in total. The Hall–Kier alpha value is -1.99. The normalized spacial score (nSPS) is 11.0. The first kappa shape index (κ1) is 16.9. The number of carbonyl (C=O) groups is 1. The molecule has 3 rings (SSSR count). The quantitative estimate of drug-likeness (QED) is 0.745. The van der Waals surface area contributed by atoms with E-state index in [2.05, 4.69) is 34.5 Å². The largest absolute Gasteiger partial charge is 0.302 e. The van der Waals surface area contributed by atoms with Crippen molar-refractivity contribution < 1.29 is 4.79 Å². The molecule has 0 aromatic carbocycles. The third-order valence-electron chi connectivity index (χ3n) is 4.00. The third kappa shape index (κ3) is 3.57. The zero-order chi connectivity index (χ0) is 17.3. The summed E-state index contributed by atoms with van der Waals surface area (Å²) in [4.78, 5) is 19.1. The van der Waals surface area contributed by atoms with Gasteiger partial charge in [0, 0.05) is 29.4 Å². The lowest BCUT2D eigenvalue weighted by Crippen LogP contribution is -2.12. The predicted molar refractivity (Wildman–Crippen MR) is 99.8 cm³/mol. The van der Waals surface area contributed by atoms with Gasteiger partial charge in [0.1, 0.15) is 0 Å².